The second-order valence-electron chi connectivity index (χ2n) is 11.4. The van der Waals surface area contributed by atoms with Crippen LogP contribution in [0.1, 0.15) is 0 Å². The predicted molar refractivity (Wildman–Crippen MR) is 192 cm³/mol. The Morgan fingerprint density at radius 3 is 1.60 bits per heavy atom. The predicted octanol–water partition coefficient (Wildman–Crippen LogP) is 12.5. The third kappa shape index (κ3) is 5.05. The van der Waals surface area contributed by atoms with Crippen molar-refractivity contribution in [2.45, 2.75) is 0 Å². The van der Waals surface area contributed by atoms with Gasteiger partial charge in [0, 0.05) is 16.8 Å². The minimum Gasteiger partial charge on any atom is -0.310 e. The van der Waals surface area contributed by atoms with Crippen molar-refractivity contribution in [3.63, 3.8) is 0 Å². The van der Waals surface area contributed by atoms with Crippen LogP contribution in [-0.4, -0.2) is 0 Å². The number of para-hydroxylation sites is 1. The lowest BCUT2D eigenvalue weighted by molar-refractivity contribution is 1.30. The molecule has 0 N–H and O–H groups in total. The van der Waals surface area contributed by atoms with Crippen molar-refractivity contribution in [3.05, 3.63) is 188 Å². The van der Waals surface area contributed by atoms with Gasteiger partial charge in [0.25, 0.3) is 0 Å². The normalized spacial score (nSPS) is 11.1. The molecule has 0 saturated carbocycles. The molecule has 0 heterocycles. The van der Waals surface area contributed by atoms with Gasteiger partial charge in [0.15, 0.2) is 0 Å². The van der Waals surface area contributed by atoms with Crippen molar-refractivity contribution in [1.82, 2.24) is 0 Å². The van der Waals surface area contributed by atoms with Gasteiger partial charge in [0.05, 0.1) is 5.69 Å². The van der Waals surface area contributed by atoms with Gasteiger partial charge in [-0.1, -0.05) is 152 Å². The van der Waals surface area contributed by atoms with E-state index >= 15 is 0 Å². The number of rotatable bonds is 6. The summed E-state index contributed by atoms with van der Waals surface area (Å²) in [5.41, 5.74) is 10.7. The lowest BCUT2D eigenvalue weighted by atomic mass is 9.89. The fourth-order valence-electron chi connectivity index (χ4n) is 6.49. The Labute approximate surface area is 264 Å². The van der Waals surface area contributed by atoms with Gasteiger partial charge < -0.3 is 4.90 Å². The molecule has 0 atom stereocenters. The van der Waals surface area contributed by atoms with E-state index in [0.717, 1.165) is 17.1 Å². The van der Waals surface area contributed by atoms with Crippen LogP contribution in [0.5, 0.6) is 0 Å². The van der Waals surface area contributed by atoms with Gasteiger partial charge in [-0.15, -0.1) is 0 Å². The highest BCUT2D eigenvalue weighted by molar-refractivity contribution is 6.02. The van der Waals surface area contributed by atoms with Crippen molar-refractivity contribution >= 4 is 38.6 Å². The Balaban J connectivity index is 1.25. The Kier molecular flexibility index (Phi) is 6.90. The zero-order valence-corrected chi connectivity index (χ0v) is 24.8. The highest BCUT2D eigenvalue weighted by Crippen LogP contribution is 2.41. The third-order valence-electron chi connectivity index (χ3n) is 8.66. The van der Waals surface area contributed by atoms with E-state index in [2.05, 4.69) is 193 Å². The minimum absolute atomic E-state index is 1.12. The molecule has 45 heavy (non-hydrogen) atoms. The lowest BCUT2D eigenvalue weighted by Crippen LogP contribution is -2.10. The molecule has 0 amide bonds. The van der Waals surface area contributed by atoms with Gasteiger partial charge >= 0.3 is 0 Å². The van der Waals surface area contributed by atoms with E-state index in [9.17, 15) is 0 Å². The molecule has 0 aromatic heterocycles. The van der Waals surface area contributed by atoms with E-state index in [-0.39, 0.29) is 0 Å². The molecule has 0 aliphatic rings. The molecule has 0 spiro atoms. The summed E-state index contributed by atoms with van der Waals surface area (Å²) in [5, 5.41) is 4.97. The average molecular weight is 574 g/mol. The van der Waals surface area contributed by atoms with Crippen molar-refractivity contribution in [2.75, 3.05) is 4.90 Å². The monoisotopic (exact) mass is 573 g/mol. The molecule has 8 aromatic rings. The number of nitrogens with zero attached hydrogens (tertiary/aromatic N) is 1. The van der Waals surface area contributed by atoms with Crippen LogP contribution in [0.25, 0.3) is 54.9 Å². The van der Waals surface area contributed by atoms with Crippen LogP contribution in [0.4, 0.5) is 17.1 Å². The number of fused-ring (bicyclic) bond motifs is 2. The number of hydrogen-bond donors (Lipinski definition) is 0. The molecular formula is C44H31N. The van der Waals surface area contributed by atoms with Crippen LogP contribution >= 0.6 is 0 Å². The van der Waals surface area contributed by atoms with Crippen molar-refractivity contribution < 1.29 is 0 Å². The fraction of sp³-hybridized carbons (Fsp3) is 0. The summed E-state index contributed by atoms with van der Waals surface area (Å²) in [5.74, 6) is 0. The Morgan fingerprint density at radius 2 is 0.844 bits per heavy atom. The summed E-state index contributed by atoms with van der Waals surface area (Å²) in [4.78, 5) is 2.35. The van der Waals surface area contributed by atoms with Gasteiger partial charge in [-0.2, -0.15) is 0 Å². The average Bonchev–Trinajstić information content (AvgIpc) is 3.12. The second kappa shape index (κ2) is 11.6. The summed E-state index contributed by atoms with van der Waals surface area (Å²) in [6, 6.07) is 67.6. The van der Waals surface area contributed by atoms with E-state index < -0.39 is 0 Å². The van der Waals surface area contributed by atoms with Crippen molar-refractivity contribution in [2.24, 2.45) is 0 Å². The van der Waals surface area contributed by atoms with Crippen LogP contribution in [0.15, 0.2) is 188 Å². The Bertz CT molecular complexity index is 2240. The standard InChI is InChI=1S/C44H31N/c1-3-13-33(14-4-1)40-30-27-36(31-43(40)42-23-11-17-34-15-7-9-21-39(34)42)32-25-28-38(29-26-32)45(37-19-5-2-6-20-37)44-24-12-18-35-16-8-10-22-41(35)44/h1-31H. The lowest BCUT2D eigenvalue weighted by Gasteiger charge is -2.27. The van der Waals surface area contributed by atoms with Gasteiger partial charge in [-0.05, 0) is 85.9 Å². The topological polar surface area (TPSA) is 3.24 Å². The van der Waals surface area contributed by atoms with Crippen LogP contribution in [0, 0.1) is 0 Å². The molecule has 0 bridgehead atoms. The van der Waals surface area contributed by atoms with Crippen LogP contribution in [-0.2, 0) is 0 Å². The Morgan fingerprint density at radius 1 is 0.289 bits per heavy atom. The second-order valence-corrected chi connectivity index (χ2v) is 11.4. The first-order valence-electron chi connectivity index (χ1n) is 15.4. The smallest absolute Gasteiger partial charge is 0.0540 e. The summed E-state index contributed by atoms with van der Waals surface area (Å²) < 4.78 is 0. The maximum Gasteiger partial charge on any atom is 0.0540 e. The van der Waals surface area contributed by atoms with Crippen molar-refractivity contribution in [3.8, 4) is 33.4 Å². The number of hydrogen-bond acceptors (Lipinski definition) is 1. The first-order valence-corrected chi connectivity index (χ1v) is 15.4. The first-order chi connectivity index (χ1) is 22.3. The third-order valence-corrected chi connectivity index (χ3v) is 8.66. The van der Waals surface area contributed by atoms with E-state index in [1.165, 1.54) is 54.9 Å². The highest BCUT2D eigenvalue weighted by atomic mass is 15.1. The van der Waals surface area contributed by atoms with Crippen molar-refractivity contribution in [1.29, 1.82) is 0 Å². The van der Waals surface area contributed by atoms with Crippen LogP contribution < -0.4 is 4.90 Å². The molecule has 8 aromatic carbocycles. The van der Waals surface area contributed by atoms with Crippen LogP contribution in [0.2, 0.25) is 0 Å². The van der Waals surface area contributed by atoms with E-state index in [1.807, 2.05) is 0 Å². The fourth-order valence-corrected chi connectivity index (χ4v) is 6.49. The van der Waals surface area contributed by atoms with E-state index in [4.69, 9.17) is 0 Å². The zero-order chi connectivity index (χ0) is 30.0. The quantitative estimate of drug-likeness (QED) is 0.191. The molecule has 0 radical (unpaired) electrons. The van der Waals surface area contributed by atoms with Crippen LogP contribution in [0.3, 0.4) is 0 Å². The van der Waals surface area contributed by atoms with Gasteiger partial charge in [-0.3, -0.25) is 0 Å². The molecule has 0 saturated heterocycles. The SMILES string of the molecule is c1ccc(-c2ccc(-c3ccc(N(c4ccccc4)c4cccc5ccccc45)cc3)cc2-c2cccc3ccccc23)cc1. The molecule has 0 aliphatic heterocycles. The maximum absolute atomic E-state index is 2.36. The largest absolute Gasteiger partial charge is 0.310 e. The summed E-state index contributed by atoms with van der Waals surface area (Å²) in [6.07, 6.45) is 0. The molecule has 212 valence electrons. The van der Waals surface area contributed by atoms with E-state index in [0.29, 0.717) is 0 Å². The first kappa shape index (κ1) is 26.7. The maximum atomic E-state index is 2.36. The zero-order valence-electron chi connectivity index (χ0n) is 24.8. The molecule has 0 aliphatic carbocycles. The molecule has 0 fully saturated rings. The number of anilines is 3. The van der Waals surface area contributed by atoms with Gasteiger partial charge in [-0.25, -0.2) is 0 Å². The number of benzene rings is 8. The molecule has 0 unspecified atom stereocenters. The summed E-state index contributed by atoms with van der Waals surface area (Å²) in [6.45, 7) is 0. The Hall–Kier alpha value is -5.92. The highest BCUT2D eigenvalue weighted by Gasteiger charge is 2.16. The molecular weight excluding hydrogens is 542 g/mol. The molecule has 1 nitrogen and oxygen atoms in total. The van der Waals surface area contributed by atoms with Gasteiger partial charge in [0.1, 0.15) is 0 Å². The molecule has 1 heteroatoms. The summed E-state index contributed by atoms with van der Waals surface area (Å²) >= 11 is 0. The minimum atomic E-state index is 1.12. The van der Waals surface area contributed by atoms with Gasteiger partial charge in [0.2, 0.25) is 0 Å². The summed E-state index contributed by atoms with van der Waals surface area (Å²) in [7, 11) is 0. The van der Waals surface area contributed by atoms with E-state index in [1.54, 1.807) is 0 Å². The molecule has 8 rings (SSSR count).